The zero-order chi connectivity index (χ0) is 15.4. The summed E-state index contributed by atoms with van der Waals surface area (Å²) >= 11 is 1.50. The van der Waals surface area contributed by atoms with Crippen molar-refractivity contribution in [3.63, 3.8) is 0 Å². The molecule has 6 heteroatoms. The highest BCUT2D eigenvalue weighted by molar-refractivity contribution is 8.00. The number of carbonyl (C=O) groups excluding carboxylic acids is 2. The van der Waals surface area contributed by atoms with Crippen LogP contribution in [0.1, 0.15) is 13.3 Å². The molecule has 1 aliphatic heterocycles. The standard InChI is InChI=1S/C15H20N2O3S/c1-11(18)7-8-16(2)14(19)9-17-12-5-3-4-6-13(12)21-10-15(17)20/h3-6,11,18H,7-10H2,1-2H3/t11-/m1/s1. The Morgan fingerprint density at radius 1 is 1.48 bits per heavy atom. The Morgan fingerprint density at radius 2 is 2.19 bits per heavy atom. The van der Waals surface area contributed by atoms with Gasteiger partial charge in [0.2, 0.25) is 11.8 Å². The van der Waals surface area contributed by atoms with Gasteiger partial charge in [-0.3, -0.25) is 9.59 Å². The SMILES string of the molecule is C[C@@H](O)CCN(C)C(=O)CN1C(=O)CSc2ccccc21. The molecule has 0 fully saturated rings. The number of likely N-dealkylation sites (N-methyl/N-ethyl adjacent to an activating group) is 1. The molecule has 1 heterocycles. The highest BCUT2D eigenvalue weighted by Crippen LogP contribution is 2.34. The quantitative estimate of drug-likeness (QED) is 0.892. The van der Waals surface area contributed by atoms with Gasteiger partial charge in [-0.1, -0.05) is 12.1 Å². The predicted octanol–water partition coefficient (Wildman–Crippen LogP) is 1.35. The lowest BCUT2D eigenvalue weighted by atomic mass is 10.2. The summed E-state index contributed by atoms with van der Waals surface area (Å²) in [5.74, 6) is 0.198. The second-order valence-electron chi connectivity index (χ2n) is 5.19. The summed E-state index contributed by atoms with van der Waals surface area (Å²) in [6.45, 7) is 2.22. The van der Waals surface area contributed by atoms with E-state index in [2.05, 4.69) is 0 Å². The zero-order valence-corrected chi connectivity index (χ0v) is 13.1. The van der Waals surface area contributed by atoms with Gasteiger partial charge in [0.15, 0.2) is 0 Å². The first kappa shape index (κ1) is 15.9. The first-order valence-electron chi connectivity index (χ1n) is 6.93. The van der Waals surface area contributed by atoms with Gasteiger partial charge < -0.3 is 14.9 Å². The van der Waals surface area contributed by atoms with Gasteiger partial charge in [0.05, 0.1) is 17.5 Å². The minimum Gasteiger partial charge on any atom is -0.393 e. The van der Waals surface area contributed by atoms with Crippen molar-refractivity contribution >= 4 is 29.3 Å². The zero-order valence-electron chi connectivity index (χ0n) is 12.3. The van der Waals surface area contributed by atoms with Crippen LogP contribution in [0.4, 0.5) is 5.69 Å². The molecule has 1 aromatic rings. The predicted molar refractivity (Wildman–Crippen MR) is 83.5 cm³/mol. The minimum absolute atomic E-state index is 0.0454. The van der Waals surface area contributed by atoms with Crippen molar-refractivity contribution in [3.8, 4) is 0 Å². The number of aliphatic hydroxyl groups is 1. The van der Waals surface area contributed by atoms with E-state index in [1.54, 1.807) is 23.8 Å². The summed E-state index contributed by atoms with van der Waals surface area (Å²) in [5, 5.41) is 9.27. The fourth-order valence-corrected chi connectivity index (χ4v) is 3.02. The summed E-state index contributed by atoms with van der Waals surface area (Å²) in [5.41, 5.74) is 0.802. The molecule has 0 unspecified atom stereocenters. The number of nitrogens with zero attached hydrogens (tertiary/aromatic N) is 2. The second kappa shape index (κ2) is 6.95. The van der Waals surface area contributed by atoms with Crippen LogP contribution in [0.15, 0.2) is 29.2 Å². The van der Waals surface area contributed by atoms with Gasteiger partial charge in [-0.05, 0) is 25.5 Å². The van der Waals surface area contributed by atoms with Gasteiger partial charge >= 0.3 is 0 Å². The minimum atomic E-state index is -0.436. The largest absolute Gasteiger partial charge is 0.393 e. The van der Waals surface area contributed by atoms with Crippen molar-refractivity contribution in [2.45, 2.75) is 24.3 Å². The Hall–Kier alpha value is -1.53. The van der Waals surface area contributed by atoms with Crippen LogP contribution in [0.3, 0.4) is 0 Å². The third-order valence-corrected chi connectivity index (χ3v) is 4.46. The molecule has 0 spiro atoms. The molecule has 2 rings (SSSR count). The van der Waals surface area contributed by atoms with E-state index in [1.807, 2.05) is 24.3 Å². The van der Waals surface area contributed by atoms with E-state index < -0.39 is 6.10 Å². The lowest BCUT2D eigenvalue weighted by Crippen LogP contribution is -2.44. The van der Waals surface area contributed by atoms with Gasteiger partial charge in [-0.25, -0.2) is 0 Å². The molecule has 0 saturated heterocycles. The summed E-state index contributed by atoms with van der Waals surface area (Å²) in [4.78, 5) is 28.4. The fourth-order valence-electron chi connectivity index (χ4n) is 2.09. The van der Waals surface area contributed by atoms with E-state index in [-0.39, 0.29) is 18.4 Å². The Kier molecular flexibility index (Phi) is 5.25. The molecule has 0 aromatic heterocycles. The molecule has 5 nitrogen and oxygen atoms in total. The summed E-state index contributed by atoms with van der Waals surface area (Å²) in [6.07, 6.45) is 0.0943. The van der Waals surface area contributed by atoms with Crippen molar-refractivity contribution in [2.24, 2.45) is 0 Å². The number of carbonyl (C=O) groups is 2. The molecule has 114 valence electrons. The van der Waals surface area contributed by atoms with Crippen molar-refractivity contribution in [3.05, 3.63) is 24.3 Å². The fraction of sp³-hybridized carbons (Fsp3) is 0.467. The topological polar surface area (TPSA) is 60.9 Å². The van der Waals surface area contributed by atoms with Crippen LogP contribution < -0.4 is 4.90 Å². The van der Waals surface area contributed by atoms with Gasteiger partial charge in [-0.2, -0.15) is 0 Å². The van der Waals surface area contributed by atoms with Crippen LogP contribution in [-0.4, -0.2) is 53.8 Å². The van der Waals surface area contributed by atoms with E-state index in [4.69, 9.17) is 0 Å². The molecule has 1 aromatic carbocycles. The van der Waals surface area contributed by atoms with E-state index in [0.717, 1.165) is 10.6 Å². The average molecular weight is 308 g/mol. The maximum atomic E-state index is 12.2. The number of fused-ring (bicyclic) bond motifs is 1. The highest BCUT2D eigenvalue weighted by Gasteiger charge is 2.27. The molecular weight excluding hydrogens is 288 g/mol. The molecule has 1 N–H and O–H groups in total. The van der Waals surface area contributed by atoms with E-state index >= 15 is 0 Å². The Morgan fingerprint density at radius 3 is 2.90 bits per heavy atom. The molecule has 1 atom stereocenters. The van der Waals surface area contributed by atoms with Crippen molar-refractivity contribution < 1.29 is 14.7 Å². The number of hydrogen-bond donors (Lipinski definition) is 1. The van der Waals surface area contributed by atoms with Crippen LogP contribution in [-0.2, 0) is 9.59 Å². The van der Waals surface area contributed by atoms with Gasteiger partial charge in [0.25, 0.3) is 0 Å². The molecule has 0 bridgehead atoms. The number of amides is 2. The monoisotopic (exact) mass is 308 g/mol. The van der Waals surface area contributed by atoms with Crippen LogP contribution in [0.2, 0.25) is 0 Å². The Labute approximate surface area is 128 Å². The van der Waals surface area contributed by atoms with Crippen molar-refractivity contribution in [2.75, 3.05) is 30.8 Å². The van der Waals surface area contributed by atoms with Gasteiger partial charge in [0, 0.05) is 18.5 Å². The first-order valence-corrected chi connectivity index (χ1v) is 7.92. The second-order valence-corrected chi connectivity index (χ2v) is 6.21. The van der Waals surface area contributed by atoms with Crippen molar-refractivity contribution in [1.82, 2.24) is 4.90 Å². The van der Waals surface area contributed by atoms with Crippen LogP contribution in [0.25, 0.3) is 0 Å². The molecule has 0 saturated carbocycles. The molecule has 2 amide bonds. The molecular formula is C15H20N2O3S. The van der Waals surface area contributed by atoms with E-state index in [9.17, 15) is 14.7 Å². The number of para-hydroxylation sites is 1. The summed E-state index contributed by atoms with van der Waals surface area (Å²) < 4.78 is 0. The normalized spacial score (nSPS) is 15.6. The van der Waals surface area contributed by atoms with E-state index in [0.29, 0.717) is 18.7 Å². The molecule has 0 aliphatic carbocycles. The van der Waals surface area contributed by atoms with Crippen LogP contribution >= 0.6 is 11.8 Å². The molecule has 21 heavy (non-hydrogen) atoms. The maximum absolute atomic E-state index is 12.2. The number of anilines is 1. The highest BCUT2D eigenvalue weighted by atomic mass is 32.2. The maximum Gasteiger partial charge on any atom is 0.242 e. The summed E-state index contributed by atoms with van der Waals surface area (Å²) in [6, 6.07) is 7.62. The third-order valence-electron chi connectivity index (χ3n) is 3.41. The van der Waals surface area contributed by atoms with Crippen LogP contribution in [0, 0.1) is 0 Å². The lowest BCUT2D eigenvalue weighted by molar-refractivity contribution is -0.130. The van der Waals surface area contributed by atoms with Gasteiger partial charge in [0.1, 0.15) is 6.54 Å². The lowest BCUT2D eigenvalue weighted by Gasteiger charge is -2.30. The molecule has 0 radical (unpaired) electrons. The smallest absolute Gasteiger partial charge is 0.242 e. The Balaban J connectivity index is 2.05. The third kappa shape index (κ3) is 3.98. The number of rotatable bonds is 5. The Bertz CT molecular complexity index is 533. The average Bonchev–Trinajstić information content (AvgIpc) is 2.47. The first-order chi connectivity index (χ1) is 9.99. The van der Waals surface area contributed by atoms with Crippen LogP contribution in [0.5, 0.6) is 0 Å². The van der Waals surface area contributed by atoms with Gasteiger partial charge in [-0.15, -0.1) is 11.8 Å². The number of thioether (sulfide) groups is 1. The van der Waals surface area contributed by atoms with Crippen molar-refractivity contribution in [1.29, 1.82) is 0 Å². The number of benzene rings is 1. The molecule has 1 aliphatic rings. The number of hydrogen-bond acceptors (Lipinski definition) is 4. The van der Waals surface area contributed by atoms with E-state index in [1.165, 1.54) is 11.8 Å². The summed E-state index contributed by atoms with van der Waals surface area (Å²) in [7, 11) is 1.69. The number of aliphatic hydroxyl groups excluding tert-OH is 1.